The fourth-order valence-corrected chi connectivity index (χ4v) is 9.77. The lowest BCUT2D eigenvalue weighted by Crippen LogP contribution is -2.47. The molecule has 0 bridgehead atoms. The van der Waals surface area contributed by atoms with E-state index in [1.165, 1.54) is 24.3 Å². The van der Waals surface area contributed by atoms with Crippen molar-refractivity contribution in [2.24, 2.45) is 5.41 Å². The number of aryl methyl sites for hydroxylation is 1. The Morgan fingerprint density at radius 1 is 0.795 bits per heavy atom. The fourth-order valence-electron chi connectivity index (χ4n) is 6.01. The average molecular weight is 567 g/mol. The molecule has 206 valence electrons. The molecule has 5 rings (SSSR count). The van der Waals surface area contributed by atoms with Crippen LogP contribution in [0.1, 0.15) is 54.4 Å². The first-order valence-corrected chi connectivity index (χ1v) is 16.3. The zero-order valence-corrected chi connectivity index (χ0v) is 23.7. The van der Waals surface area contributed by atoms with E-state index < -0.39 is 26.1 Å². The third-order valence-corrected chi connectivity index (χ3v) is 12.4. The molecule has 0 radical (unpaired) electrons. The Bertz CT molecular complexity index is 1450. The Morgan fingerprint density at radius 2 is 1.31 bits per heavy atom. The summed E-state index contributed by atoms with van der Waals surface area (Å²) in [7, 11) is -8.90. The number of carbonyl (C=O) groups excluding carboxylic acids is 1. The van der Waals surface area contributed by atoms with Gasteiger partial charge in [0.05, 0.1) is 16.3 Å². The average Bonchev–Trinajstić information content (AvgIpc) is 3.30. The van der Waals surface area contributed by atoms with Crippen LogP contribution in [0.4, 0.5) is 0 Å². The first-order valence-electron chi connectivity index (χ1n) is 13.4. The van der Waals surface area contributed by atoms with Crippen molar-refractivity contribution >= 4 is 26.0 Å². The smallest absolute Gasteiger partial charge is 0.256 e. The summed E-state index contributed by atoms with van der Waals surface area (Å²) < 4.78 is 56.4. The third-order valence-electron chi connectivity index (χ3n) is 8.07. The number of likely N-dealkylation sites (tertiary alicyclic amines) is 1. The summed E-state index contributed by atoms with van der Waals surface area (Å²) in [5.74, 6) is -0.198. The van der Waals surface area contributed by atoms with E-state index in [0.29, 0.717) is 22.2 Å². The van der Waals surface area contributed by atoms with Crippen molar-refractivity contribution in [3.05, 3.63) is 96.1 Å². The van der Waals surface area contributed by atoms with Gasteiger partial charge in [0.1, 0.15) is 0 Å². The maximum atomic E-state index is 13.9. The van der Waals surface area contributed by atoms with Gasteiger partial charge in [0.15, 0.2) is 0 Å². The number of amides is 1. The Balaban J connectivity index is 1.57. The topological polar surface area (TPSA) is 91.8 Å². The van der Waals surface area contributed by atoms with Gasteiger partial charge < -0.3 is 4.90 Å². The van der Waals surface area contributed by atoms with Crippen molar-refractivity contribution in [3.63, 3.8) is 0 Å². The van der Waals surface area contributed by atoms with E-state index in [0.717, 1.165) is 37.7 Å². The second-order valence-corrected chi connectivity index (χ2v) is 14.8. The van der Waals surface area contributed by atoms with Crippen LogP contribution in [0.3, 0.4) is 0 Å². The molecule has 1 heterocycles. The van der Waals surface area contributed by atoms with E-state index in [2.05, 4.69) is 0 Å². The highest BCUT2D eigenvalue weighted by molar-refractivity contribution is 8.04. The first-order chi connectivity index (χ1) is 18.6. The largest absolute Gasteiger partial charge is 0.334 e. The van der Waals surface area contributed by atoms with Crippen molar-refractivity contribution in [1.82, 2.24) is 8.61 Å². The minimum absolute atomic E-state index is 0.105. The number of sulfonamides is 2. The molecule has 39 heavy (non-hydrogen) atoms. The van der Waals surface area contributed by atoms with Gasteiger partial charge in [-0.25, -0.2) is 16.8 Å². The minimum Gasteiger partial charge on any atom is -0.334 e. The first kappa shape index (κ1) is 27.6. The van der Waals surface area contributed by atoms with E-state index in [1.807, 2.05) is 19.1 Å². The van der Waals surface area contributed by atoms with Crippen LogP contribution >= 0.6 is 0 Å². The van der Waals surface area contributed by atoms with Crippen molar-refractivity contribution in [3.8, 4) is 0 Å². The number of hydrogen-bond donors (Lipinski definition) is 0. The maximum Gasteiger partial charge on any atom is 0.256 e. The molecule has 3 aromatic rings. The number of rotatable bonds is 7. The summed E-state index contributed by atoms with van der Waals surface area (Å²) in [6, 6.07) is 22.0. The fraction of sp³-hybridized carbons (Fsp3) is 0.367. The van der Waals surface area contributed by atoms with Crippen molar-refractivity contribution < 1.29 is 21.6 Å². The molecule has 7 nitrogen and oxygen atoms in total. The molecular weight excluding hydrogens is 532 g/mol. The lowest BCUT2D eigenvalue weighted by atomic mass is 9.73. The van der Waals surface area contributed by atoms with Crippen molar-refractivity contribution in [2.45, 2.75) is 61.3 Å². The Kier molecular flexibility index (Phi) is 7.68. The number of nitrogens with zero attached hydrogens (tertiary/aromatic N) is 2. The summed E-state index contributed by atoms with van der Waals surface area (Å²) in [6.07, 6.45) is 5.68. The number of carbonyl (C=O) groups is 1. The summed E-state index contributed by atoms with van der Waals surface area (Å²) in [5, 5.41) is 0. The molecule has 1 amide bonds. The van der Waals surface area contributed by atoms with Crippen LogP contribution in [0.15, 0.2) is 94.7 Å². The van der Waals surface area contributed by atoms with Crippen LogP contribution in [0.5, 0.6) is 0 Å². The SMILES string of the molecule is Cc1ccc(C(=O)N2CC3(CCCCC3)CC2CN(S(=O)(=O)c2ccccc2)S(=O)(=O)c2ccccc2)cc1. The summed E-state index contributed by atoms with van der Waals surface area (Å²) >= 11 is 0. The molecule has 3 aromatic carbocycles. The third kappa shape index (κ3) is 5.53. The Hall–Kier alpha value is -3.01. The minimum atomic E-state index is -4.45. The Labute approximate surface area is 231 Å². The van der Waals surface area contributed by atoms with Gasteiger partial charge in [0.25, 0.3) is 26.0 Å². The summed E-state index contributed by atoms with van der Waals surface area (Å²) in [5.41, 5.74) is 1.41. The normalized spacial score (nSPS) is 19.4. The van der Waals surface area contributed by atoms with Gasteiger partial charge in [-0.15, -0.1) is 0 Å². The van der Waals surface area contributed by atoms with E-state index in [9.17, 15) is 21.6 Å². The molecule has 1 aliphatic heterocycles. The van der Waals surface area contributed by atoms with Crippen LogP contribution in [-0.4, -0.2) is 50.5 Å². The lowest BCUT2D eigenvalue weighted by molar-refractivity contribution is 0.0707. The van der Waals surface area contributed by atoms with Crippen molar-refractivity contribution in [1.29, 1.82) is 0 Å². The molecule has 2 fully saturated rings. The molecule has 1 spiro atoms. The molecule has 1 aliphatic carbocycles. The van der Waals surface area contributed by atoms with Gasteiger partial charge >= 0.3 is 0 Å². The monoisotopic (exact) mass is 566 g/mol. The second-order valence-electron chi connectivity index (χ2n) is 10.8. The van der Waals surface area contributed by atoms with Gasteiger partial charge in [-0.3, -0.25) is 4.79 Å². The highest BCUT2D eigenvalue weighted by Gasteiger charge is 2.49. The number of hydrogen-bond acceptors (Lipinski definition) is 5. The lowest BCUT2D eigenvalue weighted by Gasteiger charge is -2.33. The van der Waals surface area contributed by atoms with Gasteiger partial charge in [-0.2, -0.15) is 0 Å². The molecule has 2 aliphatic rings. The van der Waals surface area contributed by atoms with Crippen LogP contribution in [0.25, 0.3) is 0 Å². The molecule has 1 atom stereocenters. The molecule has 1 saturated carbocycles. The standard InChI is InChI=1S/C30H34N2O5S2/c1-24-15-17-25(18-16-24)29(33)31-23-30(19-9-4-10-20-30)21-26(31)22-32(38(34,35)27-11-5-2-6-12-27)39(36,37)28-13-7-3-8-14-28/h2-3,5-8,11-18,26H,4,9-10,19-23H2,1H3. The van der Waals surface area contributed by atoms with Gasteiger partial charge in [0, 0.05) is 18.2 Å². The predicted octanol–water partition coefficient (Wildman–Crippen LogP) is 5.24. The maximum absolute atomic E-state index is 13.9. The molecule has 0 N–H and O–H groups in total. The molecule has 1 saturated heterocycles. The summed E-state index contributed by atoms with van der Waals surface area (Å²) in [6.45, 7) is 2.10. The van der Waals surface area contributed by atoms with Crippen LogP contribution in [0, 0.1) is 12.3 Å². The van der Waals surface area contributed by atoms with E-state index >= 15 is 0 Å². The number of benzene rings is 3. The highest BCUT2D eigenvalue weighted by atomic mass is 32.3. The molecule has 9 heteroatoms. The van der Waals surface area contributed by atoms with E-state index in [4.69, 9.17) is 0 Å². The Morgan fingerprint density at radius 3 is 1.82 bits per heavy atom. The molecule has 0 aromatic heterocycles. The van der Waals surface area contributed by atoms with E-state index in [-0.39, 0.29) is 27.7 Å². The van der Waals surface area contributed by atoms with E-state index in [1.54, 1.807) is 53.4 Å². The second kappa shape index (κ2) is 10.9. The highest BCUT2D eigenvalue weighted by Crippen LogP contribution is 2.47. The van der Waals surface area contributed by atoms with Crippen molar-refractivity contribution in [2.75, 3.05) is 13.1 Å². The van der Waals surface area contributed by atoms with Gasteiger partial charge in [0.2, 0.25) is 0 Å². The quantitative estimate of drug-likeness (QED) is 0.390. The van der Waals surface area contributed by atoms with Crippen LogP contribution < -0.4 is 0 Å². The van der Waals surface area contributed by atoms with Crippen LogP contribution in [-0.2, 0) is 20.0 Å². The predicted molar refractivity (Wildman–Crippen MR) is 150 cm³/mol. The molecular formula is C30H34N2O5S2. The zero-order valence-electron chi connectivity index (χ0n) is 22.1. The van der Waals surface area contributed by atoms with Gasteiger partial charge in [-0.1, -0.05) is 77.1 Å². The summed E-state index contributed by atoms with van der Waals surface area (Å²) in [4.78, 5) is 15.3. The zero-order chi connectivity index (χ0) is 27.7. The van der Waals surface area contributed by atoms with Gasteiger partial charge in [-0.05, 0) is 68.0 Å². The van der Waals surface area contributed by atoms with Crippen LogP contribution in [0.2, 0.25) is 0 Å². The molecule has 1 unspecified atom stereocenters.